The molecule has 0 aliphatic carbocycles. The van der Waals surface area contributed by atoms with Crippen LogP contribution in [0.4, 0.5) is 5.69 Å². The molecule has 2 aromatic heterocycles. The number of nitro benzene ring substituents is 1. The smallest absolute Gasteiger partial charge is 0.276 e. The standard InChI is InChI=1S/C27H18N4O2/c1-18-7-6-9-21(15-18)26-16-20(14-13-19-8-2-4-11-24(19)31(32)33)22(17-28)27-29-23-10-3-5-12-25(23)30(26)27/h2-16H,1H3. The molecule has 0 aliphatic rings. The van der Waals surface area contributed by atoms with Gasteiger partial charge < -0.3 is 0 Å². The Bertz CT molecular complexity index is 1620. The minimum Gasteiger partial charge on any atom is -0.291 e. The van der Waals surface area contributed by atoms with Crippen LogP contribution in [0.25, 0.3) is 40.1 Å². The van der Waals surface area contributed by atoms with Gasteiger partial charge in [-0.2, -0.15) is 5.26 Å². The third-order valence-electron chi connectivity index (χ3n) is 5.61. The predicted molar refractivity (Wildman–Crippen MR) is 130 cm³/mol. The van der Waals surface area contributed by atoms with Crippen molar-refractivity contribution >= 4 is 34.5 Å². The van der Waals surface area contributed by atoms with Gasteiger partial charge in [0, 0.05) is 6.07 Å². The molecular formula is C27H18N4O2. The van der Waals surface area contributed by atoms with Crippen LogP contribution in [-0.2, 0) is 0 Å². The first-order valence-corrected chi connectivity index (χ1v) is 10.4. The number of nitriles is 1. The van der Waals surface area contributed by atoms with Crippen LogP contribution in [0, 0.1) is 28.4 Å². The number of aryl methyl sites for hydroxylation is 1. The average Bonchev–Trinajstić information content (AvgIpc) is 3.21. The number of nitro groups is 1. The van der Waals surface area contributed by atoms with Gasteiger partial charge in [0.05, 0.1) is 27.2 Å². The van der Waals surface area contributed by atoms with Gasteiger partial charge in [-0.3, -0.25) is 14.5 Å². The van der Waals surface area contributed by atoms with Crippen molar-refractivity contribution in [2.24, 2.45) is 0 Å². The molecule has 6 heteroatoms. The Hall–Kier alpha value is -4.76. The Morgan fingerprint density at radius 3 is 2.52 bits per heavy atom. The molecule has 6 nitrogen and oxygen atoms in total. The summed E-state index contributed by atoms with van der Waals surface area (Å²) in [6.07, 6.45) is 3.42. The van der Waals surface area contributed by atoms with Crippen molar-refractivity contribution in [2.45, 2.75) is 6.92 Å². The molecule has 33 heavy (non-hydrogen) atoms. The van der Waals surface area contributed by atoms with Crippen molar-refractivity contribution < 1.29 is 4.92 Å². The lowest BCUT2D eigenvalue weighted by Crippen LogP contribution is -1.98. The first-order valence-electron chi connectivity index (χ1n) is 10.4. The van der Waals surface area contributed by atoms with Gasteiger partial charge in [0.25, 0.3) is 5.69 Å². The van der Waals surface area contributed by atoms with E-state index in [1.54, 1.807) is 30.4 Å². The summed E-state index contributed by atoms with van der Waals surface area (Å²) in [7, 11) is 0. The highest BCUT2D eigenvalue weighted by Crippen LogP contribution is 2.32. The van der Waals surface area contributed by atoms with Gasteiger partial charge >= 0.3 is 0 Å². The summed E-state index contributed by atoms with van der Waals surface area (Å²) in [5.41, 5.74) is 6.81. The van der Waals surface area contributed by atoms with Crippen LogP contribution in [-0.4, -0.2) is 14.3 Å². The fraction of sp³-hybridized carbons (Fsp3) is 0.0370. The number of aromatic nitrogens is 2. The predicted octanol–water partition coefficient (Wildman–Crippen LogP) is 6.41. The SMILES string of the molecule is Cc1cccc(-c2cc(C=Cc3ccccc3[N+](=O)[O-])c(C#N)c3nc4ccccc4n23)c1. The highest BCUT2D eigenvalue weighted by Gasteiger charge is 2.17. The third-order valence-corrected chi connectivity index (χ3v) is 5.61. The Morgan fingerprint density at radius 1 is 0.970 bits per heavy atom. The summed E-state index contributed by atoms with van der Waals surface area (Å²) in [4.78, 5) is 15.8. The molecule has 5 rings (SSSR count). The fourth-order valence-corrected chi connectivity index (χ4v) is 4.09. The summed E-state index contributed by atoms with van der Waals surface area (Å²) in [6, 6.07) is 26.7. The Balaban J connectivity index is 1.81. The number of para-hydroxylation sites is 3. The summed E-state index contributed by atoms with van der Waals surface area (Å²) in [6.45, 7) is 2.03. The van der Waals surface area contributed by atoms with Crippen molar-refractivity contribution in [3.63, 3.8) is 0 Å². The fourth-order valence-electron chi connectivity index (χ4n) is 4.09. The molecule has 0 saturated heterocycles. The quantitative estimate of drug-likeness (QED) is 0.243. The number of nitrogens with zero attached hydrogens (tertiary/aromatic N) is 4. The first kappa shape index (κ1) is 20.2. The molecule has 0 fully saturated rings. The number of benzene rings is 3. The molecule has 0 saturated carbocycles. The first-order chi connectivity index (χ1) is 16.1. The molecule has 158 valence electrons. The van der Waals surface area contributed by atoms with Crippen LogP contribution in [0.3, 0.4) is 0 Å². The zero-order valence-electron chi connectivity index (χ0n) is 17.8. The molecule has 3 aromatic carbocycles. The maximum atomic E-state index is 11.4. The summed E-state index contributed by atoms with van der Waals surface area (Å²) < 4.78 is 2.00. The number of rotatable bonds is 4. The van der Waals surface area contributed by atoms with Crippen molar-refractivity contribution in [2.75, 3.05) is 0 Å². The van der Waals surface area contributed by atoms with E-state index in [0.29, 0.717) is 22.3 Å². The van der Waals surface area contributed by atoms with Crippen molar-refractivity contribution in [1.29, 1.82) is 5.26 Å². The topological polar surface area (TPSA) is 84.2 Å². The molecule has 0 atom stereocenters. The van der Waals surface area contributed by atoms with Gasteiger partial charge in [-0.05, 0) is 54.5 Å². The van der Waals surface area contributed by atoms with E-state index in [2.05, 4.69) is 12.1 Å². The van der Waals surface area contributed by atoms with Gasteiger partial charge in [-0.1, -0.05) is 54.1 Å². The normalized spacial score (nSPS) is 11.3. The zero-order chi connectivity index (χ0) is 22.9. The van der Waals surface area contributed by atoms with Gasteiger partial charge in [-0.15, -0.1) is 0 Å². The van der Waals surface area contributed by atoms with Gasteiger partial charge in [0.1, 0.15) is 11.6 Å². The van der Waals surface area contributed by atoms with Crippen molar-refractivity contribution in [3.8, 4) is 17.3 Å². The highest BCUT2D eigenvalue weighted by molar-refractivity contribution is 5.89. The van der Waals surface area contributed by atoms with Crippen LogP contribution >= 0.6 is 0 Å². The lowest BCUT2D eigenvalue weighted by molar-refractivity contribution is -0.385. The largest absolute Gasteiger partial charge is 0.291 e. The van der Waals surface area contributed by atoms with E-state index in [1.807, 2.05) is 59.9 Å². The van der Waals surface area contributed by atoms with Crippen LogP contribution in [0.15, 0.2) is 78.9 Å². The second kappa shape index (κ2) is 8.06. The maximum Gasteiger partial charge on any atom is 0.276 e. The highest BCUT2D eigenvalue weighted by atomic mass is 16.6. The van der Waals surface area contributed by atoms with Crippen molar-refractivity contribution in [3.05, 3.63) is 111 Å². The number of imidazole rings is 1. The van der Waals surface area contributed by atoms with E-state index in [-0.39, 0.29) is 5.69 Å². The van der Waals surface area contributed by atoms with E-state index in [9.17, 15) is 15.4 Å². The maximum absolute atomic E-state index is 11.4. The number of hydrogen-bond donors (Lipinski definition) is 0. The van der Waals surface area contributed by atoms with Gasteiger partial charge in [0.15, 0.2) is 5.65 Å². The van der Waals surface area contributed by atoms with Crippen molar-refractivity contribution in [1.82, 2.24) is 9.38 Å². The second-order valence-corrected chi connectivity index (χ2v) is 7.75. The van der Waals surface area contributed by atoms with Crippen LogP contribution in [0.2, 0.25) is 0 Å². The molecule has 2 heterocycles. The number of hydrogen-bond acceptors (Lipinski definition) is 4. The Labute approximate surface area is 189 Å². The minimum absolute atomic E-state index is 0.0128. The molecule has 0 spiro atoms. The second-order valence-electron chi connectivity index (χ2n) is 7.75. The molecular weight excluding hydrogens is 412 g/mol. The lowest BCUT2D eigenvalue weighted by Gasteiger charge is -2.11. The molecule has 0 aliphatic heterocycles. The zero-order valence-corrected chi connectivity index (χ0v) is 17.8. The van der Waals surface area contributed by atoms with Crippen LogP contribution < -0.4 is 0 Å². The van der Waals surface area contributed by atoms with E-state index in [4.69, 9.17) is 4.98 Å². The summed E-state index contributed by atoms with van der Waals surface area (Å²) in [5.74, 6) is 0. The molecule has 0 radical (unpaired) electrons. The van der Waals surface area contributed by atoms with Gasteiger partial charge in [0.2, 0.25) is 0 Å². The van der Waals surface area contributed by atoms with Crippen LogP contribution in [0.5, 0.6) is 0 Å². The Kier molecular flexibility index (Phi) is 4.92. The van der Waals surface area contributed by atoms with E-state index in [1.165, 1.54) is 6.07 Å². The van der Waals surface area contributed by atoms with Crippen LogP contribution in [0.1, 0.15) is 22.3 Å². The minimum atomic E-state index is -0.409. The molecule has 0 unspecified atom stereocenters. The van der Waals surface area contributed by atoms with Gasteiger partial charge in [-0.25, -0.2) is 4.98 Å². The summed E-state index contributed by atoms with van der Waals surface area (Å²) in [5, 5.41) is 21.4. The van der Waals surface area contributed by atoms with E-state index >= 15 is 0 Å². The van der Waals surface area contributed by atoms with E-state index < -0.39 is 4.92 Å². The molecule has 5 aromatic rings. The molecule has 0 bridgehead atoms. The lowest BCUT2D eigenvalue weighted by atomic mass is 10.0. The summed E-state index contributed by atoms with van der Waals surface area (Å²) >= 11 is 0. The number of fused-ring (bicyclic) bond motifs is 3. The van der Waals surface area contributed by atoms with E-state index in [0.717, 1.165) is 27.9 Å². The Morgan fingerprint density at radius 2 is 1.73 bits per heavy atom. The molecule has 0 amide bonds. The average molecular weight is 430 g/mol. The number of pyridine rings is 1. The molecule has 0 N–H and O–H groups in total. The monoisotopic (exact) mass is 430 g/mol. The third kappa shape index (κ3) is 3.52.